The molecule has 1 unspecified atom stereocenters. The highest BCUT2D eigenvalue weighted by Gasteiger charge is 2.24. The van der Waals surface area contributed by atoms with Crippen LogP contribution in [-0.2, 0) is 13.0 Å². The van der Waals surface area contributed by atoms with Crippen molar-refractivity contribution in [3.63, 3.8) is 0 Å². The molecule has 5 aromatic rings. The zero-order valence-electron chi connectivity index (χ0n) is 20.9. The largest absolute Gasteiger partial charge is 0.387 e. The molecular formula is C32H26N6. The topological polar surface area (TPSA) is 60.0 Å². The summed E-state index contributed by atoms with van der Waals surface area (Å²) in [4.78, 5) is 13.4. The Morgan fingerprint density at radius 3 is 2.63 bits per heavy atom. The molecule has 1 aliphatic carbocycles. The molecule has 184 valence electrons. The summed E-state index contributed by atoms with van der Waals surface area (Å²) in [5.74, 6) is 0. The van der Waals surface area contributed by atoms with Crippen molar-refractivity contribution in [2.75, 3.05) is 6.54 Å². The quantitative estimate of drug-likeness (QED) is 0.334. The first-order valence-corrected chi connectivity index (χ1v) is 13.2. The summed E-state index contributed by atoms with van der Waals surface area (Å²) in [6, 6.07) is 13.4. The summed E-state index contributed by atoms with van der Waals surface area (Å²) in [6.45, 7) is 1.68. The predicted molar refractivity (Wildman–Crippen MR) is 154 cm³/mol. The van der Waals surface area contributed by atoms with Crippen molar-refractivity contribution in [2.45, 2.75) is 25.4 Å². The second-order valence-corrected chi connectivity index (χ2v) is 10.1. The van der Waals surface area contributed by atoms with Crippen molar-refractivity contribution in [1.29, 1.82) is 0 Å². The van der Waals surface area contributed by atoms with Crippen molar-refractivity contribution in [1.82, 2.24) is 24.4 Å². The Labute approximate surface area is 220 Å². The van der Waals surface area contributed by atoms with Gasteiger partial charge in [0.1, 0.15) is 0 Å². The molecule has 0 saturated carbocycles. The molecule has 1 N–H and O–H groups in total. The lowest BCUT2D eigenvalue weighted by Gasteiger charge is -2.22. The van der Waals surface area contributed by atoms with Gasteiger partial charge in [-0.1, -0.05) is 30.4 Å². The van der Waals surface area contributed by atoms with E-state index in [-0.39, 0.29) is 6.04 Å². The molecule has 6 heterocycles. The van der Waals surface area contributed by atoms with Crippen LogP contribution in [0.1, 0.15) is 40.5 Å². The maximum Gasteiger partial charge on any atom is 0.0566 e. The van der Waals surface area contributed by atoms with Crippen LogP contribution in [0.25, 0.3) is 39.1 Å². The van der Waals surface area contributed by atoms with E-state index in [0.717, 1.165) is 36.7 Å². The van der Waals surface area contributed by atoms with Crippen LogP contribution < -0.4 is 5.32 Å². The molecule has 0 fully saturated rings. The highest BCUT2D eigenvalue weighted by Crippen LogP contribution is 2.37. The number of hydrogen-bond acceptors (Lipinski definition) is 4. The van der Waals surface area contributed by atoms with Crippen LogP contribution in [0.2, 0.25) is 0 Å². The third-order valence-electron chi connectivity index (χ3n) is 8.01. The fourth-order valence-electron chi connectivity index (χ4n) is 6.35. The van der Waals surface area contributed by atoms with Crippen molar-refractivity contribution in [3.8, 4) is 5.69 Å². The Kier molecular flexibility index (Phi) is 4.74. The summed E-state index contributed by atoms with van der Waals surface area (Å²) in [5.41, 5.74) is 11.3. The Balaban J connectivity index is 1.25. The van der Waals surface area contributed by atoms with Crippen molar-refractivity contribution >= 4 is 39.7 Å². The van der Waals surface area contributed by atoms with Crippen LogP contribution in [0.4, 0.5) is 0 Å². The molecule has 8 rings (SSSR count). The number of nitrogens with zero attached hydrogens (tertiary/aromatic N) is 5. The molecule has 0 saturated heterocycles. The molecule has 2 aliphatic heterocycles. The average molecular weight is 495 g/mol. The number of aliphatic imine (C=N–C) groups is 1. The third-order valence-corrected chi connectivity index (χ3v) is 8.01. The number of fused-ring (bicyclic) bond motifs is 6. The van der Waals surface area contributed by atoms with Crippen LogP contribution in [-0.4, -0.2) is 31.9 Å². The molecule has 6 nitrogen and oxygen atoms in total. The second-order valence-electron chi connectivity index (χ2n) is 10.1. The van der Waals surface area contributed by atoms with Gasteiger partial charge in [0.05, 0.1) is 22.8 Å². The van der Waals surface area contributed by atoms with Crippen LogP contribution in [0.5, 0.6) is 0 Å². The fraction of sp³-hybridized carbons (Fsp3) is 0.156. The van der Waals surface area contributed by atoms with E-state index in [9.17, 15) is 0 Å². The molecule has 4 aromatic heterocycles. The van der Waals surface area contributed by atoms with E-state index in [1.54, 1.807) is 0 Å². The molecule has 1 aromatic carbocycles. The third kappa shape index (κ3) is 3.16. The first kappa shape index (κ1) is 21.4. The van der Waals surface area contributed by atoms with E-state index < -0.39 is 0 Å². The molecule has 3 aliphatic rings. The maximum atomic E-state index is 4.58. The van der Waals surface area contributed by atoms with Gasteiger partial charge in [-0.3, -0.25) is 15.0 Å². The van der Waals surface area contributed by atoms with Crippen LogP contribution in [0, 0.1) is 0 Å². The van der Waals surface area contributed by atoms with E-state index in [4.69, 9.17) is 0 Å². The van der Waals surface area contributed by atoms with E-state index in [2.05, 4.69) is 103 Å². The van der Waals surface area contributed by atoms with Gasteiger partial charge in [-0.05, 0) is 54.1 Å². The number of hydrogen-bond donors (Lipinski definition) is 1. The molecule has 0 bridgehead atoms. The number of pyridine rings is 2. The van der Waals surface area contributed by atoms with Crippen molar-refractivity contribution in [3.05, 3.63) is 114 Å². The van der Waals surface area contributed by atoms with Crippen LogP contribution in [0.3, 0.4) is 0 Å². The van der Waals surface area contributed by atoms with Gasteiger partial charge in [-0.25, -0.2) is 0 Å². The summed E-state index contributed by atoms with van der Waals surface area (Å²) in [5, 5.41) is 5.68. The van der Waals surface area contributed by atoms with E-state index in [0.29, 0.717) is 0 Å². The van der Waals surface area contributed by atoms with Crippen LogP contribution >= 0.6 is 0 Å². The van der Waals surface area contributed by atoms with Gasteiger partial charge in [0.2, 0.25) is 0 Å². The molecule has 38 heavy (non-hydrogen) atoms. The SMILES string of the molecule is C1=CC(c2cccc(-n3c4c(c5c3CCN=C5)CNC=C4)c2)=CC(n2c3ccncc3c3cnccc32)C1. The van der Waals surface area contributed by atoms with Gasteiger partial charge in [-0.15, -0.1) is 0 Å². The highest BCUT2D eigenvalue weighted by atomic mass is 15.0. The summed E-state index contributed by atoms with van der Waals surface area (Å²) >= 11 is 0. The first-order valence-electron chi connectivity index (χ1n) is 13.2. The lowest BCUT2D eigenvalue weighted by atomic mass is 9.96. The van der Waals surface area contributed by atoms with Gasteiger partial charge in [0, 0.05) is 83.8 Å². The Hall–Kier alpha value is -4.71. The van der Waals surface area contributed by atoms with Gasteiger partial charge >= 0.3 is 0 Å². The van der Waals surface area contributed by atoms with Gasteiger partial charge < -0.3 is 14.5 Å². The number of aromatic nitrogens is 4. The highest BCUT2D eigenvalue weighted by molar-refractivity contribution is 6.07. The average Bonchev–Trinajstić information content (AvgIpc) is 3.51. The lowest BCUT2D eigenvalue weighted by molar-refractivity contribution is 0.650. The smallest absolute Gasteiger partial charge is 0.0566 e. The monoisotopic (exact) mass is 494 g/mol. The van der Waals surface area contributed by atoms with Crippen molar-refractivity contribution in [2.24, 2.45) is 4.99 Å². The summed E-state index contributed by atoms with van der Waals surface area (Å²) in [7, 11) is 0. The minimum absolute atomic E-state index is 0.209. The van der Waals surface area contributed by atoms with E-state index in [1.807, 2.05) is 24.8 Å². The van der Waals surface area contributed by atoms with Gasteiger partial charge in [0.15, 0.2) is 0 Å². The second kappa shape index (κ2) is 8.42. The van der Waals surface area contributed by atoms with E-state index in [1.165, 1.54) is 50.4 Å². The van der Waals surface area contributed by atoms with Gasteiger partial charge in [-0.2, -0.15) is 0 Å². The summed E-state index contributed by atoms with van der Waals surface area (Å²) in [6.07, 6.45) is 22.9. The zero-order valence-corrected chi connectivity index (χ0v) is 20.9. The minimum atomic E-state index is 0.209. The Morgan fingerprint density at radius 1 is 0.947 bits per heavy atom. The predicted octanol–water partition coefficient (Wildman–Crippen LogP) is 6.01. The molecule has 0 spiro atoms. The zero-order chi connectivity index (χ0) is 25.1. The van der Waals surface area contributed by atoms with Gasteiger partial charge in [0.25, 0.3) is 0 Å². The first-order chi connectivity index (χ1) is 18.9. The standard InChI is InChI=1S/C32H26N6/c1-3-21(15-23(5-1)37-29-7-11-33-17-25(29)26-18-34-12-8-30(26)37)22-4-2-6-24(16-22)38-31-9-13-35-19-27(31)28-20-36-14-10-32(28)38/h1-5,7,9-11,13-16,18-20,24,33H,6,8,12,17H2. The minimum Gasteiger partial charge on any atom is -0.387 e. The molecular weight excluding hydrogens is 468 g/mol. The number of allylic oxidation sites excluding steroid dienone is 4. The molecule has 6 heteroatoms. The maximum absolute atomic E-state index is 4.58. The van der Waals surface area contributed by atoms with E-state index >= 15 is 0 Å². The number of rotatable bonds is 3. The van der Waals surface area contributed by atoms with Crippen LogP contribution in [0.15, 0.2) is 90.6 Å². The normalized spacial score (nSPS) is 17.9. The lowest BCUT2D eigenvalue weighted by Crippen LogP contribution is -2.12. The molecule has 0 radical (unpaired) electrons. The summed E-state index contributed by atoms with van der Waals surface area (Å²) < 4.78 is 4.88. The Morgan fingerprint density at radius 2 is 1.79 bits per heavy atom. The number of benzene rings is 1. The number of nitrogens with one attached hydrogen (secondary N) is 1. The Bertz CT molecular complexity index is 1810. The molecule has 1 atom stereocenters. The molecule has 0 amide bonds. The van der Waals surface area contributed by atoms with Crippen molar-refractivity contribution < 1.29 is 0 Å². The fourth-order valence-corrected chi connectivity index (χ4v) is 6.35.